The van der Waals surface area contributed by atoms with Gasteiger partial charge in [-0.05, 0) is 44.2 Å². The Morgan fingerprint density at radius 1 is 1.33 bits per heavy atom. The SMILES string of the molecule is Cc1cccc(C)c1OCCC(=O)N1CCCCC1CO. The molecule has 1 aromatic carbocycles. The summed E-state index contributed by atoms with van der Waals surface area (Å²) >= 11 is 0. The summed E-state index contributed by atoms with van der Waals surface area (Å²) in [6.07, 6.45) is 3.39. The molecule has 1 unspecified atom stereocenters. The number of nitrogens with zero attached hydrogens (tertiary/aromatic N) is 1. The van der Waals surface area contributed by atoms with E-state index in [1.54, 1.807) is 0 Å². The van der Waals surface area contributed by atoms with Crippen LogP contribution in [0.5, 0.6) is 5.75 Å². The lowest BCUT2D eigenvalue weighted by atomic mass is 10.0. The Balaban J connectivity index is 1.86. The highest BCUT2D eigenvalue weighted by Gasteiger charge is 2.25. The van der Waals surface area contributed by atoms with Crippen LogP contribution in [0.4, 0.5) is 0 Å². The number of aliphatic hydroxyl groups excluding tert-OH is 1. The van der Waals surface area contributed by atoms with E-state index in [0.717, 1.165) is 42.7 Å². The first-order valence-corrected chi connectivity index (χ1v) is 7.73. The van der Waals surface area contributed by atoms with Crippen LogP contribution >= 0.6 is 0 Å². The summed E-state index contributed by atoms with van der Waals surface area (Å²) < 4.78 is 5.79. The fourth-order valence-corrected chi connectivity index (χ4v) is 2.93. The molecule has 2 rings (SSSR count). The van der Waals surface area contributed by atoms with E-state index in [1.165, 1.54) is 0 Å². The van der Waals surface area contributed by atoms with Crippen molar-refractivity contribution in [1.82, 2.24) is 4.90 Å². The van der Waals surface area contributed by atoms with E-state index in [-0.39, 0.29) is 18.6 Å². The monoisotopic (exact) mass is 291 g/mol. The fraction of sp³-hybridized carbons (Fsp3) is 0.588. The van der Waals surface area contributed by atoms with E-state index in [2.05, 4.69) is 0 Å². The van der Waals surface area contributed by atoms with Crippen LogP contribution in [0.1, 0.15) is 36.8 Å². The summed E-state index contributed by atoms with van der Waals surface area (Å²) in [5.74, 6) is 0.961. The molecule has 1 aliphatic heterocycles. The van der Waals surface area contributed by atoms with Gasteiger partial charge < -0.3 is 14.7 Å². The van der Waals surface area contributed by atoms with Crippen LogP contribution in [0.2, 0.25) is 0 Å². The molecule has 0 aromatic heterocycles. The number of aryl methyl sites for hydroxylation is 2. The number of hydrogen-bond acceptors (Lipinski definition) is 3. The van der Waals surface area contributed by atoms with Crippen LogP contribution in [0, 0.1) is 13.8 Å². The Morgan fingerprint density at radius 3 is 2.71 bits per heavy atom. The van der Waals surface area contributed by atoms with Gasteiger partial charge in [-0.25, -0.2) is 0 Å². The highest BCUT2D eigenvalue weighted by molar-refractivity contribution is 5.76. The number of ether oxygens (including phenoxy) is 1. The summed E-state index contributed by atoms with van der Waals surface area (Å²) in [6, 6.07) is 6.02. The fourth-order valence-electron chi connectivity index (χ4n) is 2.93. The Morgan fingerprint density at radius 2 is 2.05 bits per heavy atom. The maximum Gasteiger partial charge on any atom is 0.226 e. The molecule has 1 aromatic rings. The van der Waals surface area contributed by atoms with Gasteiger partial charge in [-0.1, -0.05) is 18.2 Å². The third-order valence-electron chi connectivity index (χ3n) is 4.13. The molecule has 1 amide bonds. The molecule has 0 spiro atoms. The minimum absolute atomic E-state index is 0.00792. The van der Waals surface area contributed by atoms with E-state index >= 15 is 0 Å². The molecule has 1 saturated heterocycles. The molecule has 0 radical (unpaired) electrons. The van der Waals surface area contributed by atoms with Gasteiger partial charge >= 0.3 is 0 Å². The average molecular weight is 291 g/mol. The van der Waals surface area contributed by atoms with E-state index in [0.29, 0.717) is 13.0 Å². The summed E-state index contributed by atoms with van der Waals surface area (Å²) in [5.41, 5.74) is 2.18. The van der Waals surface area contributed by atoms with Gasteiger partial charge in [0, 0.05) is 6.54 Å². The average Bonchev–Trinajstić information content (AvgIpc) is 2.50. The Hall–Kier alpha value is -1.55. The summed E-state index contributed by atoms with van der Waals surface area (Å²) in [5, 5.41) is 9.36. The lowest BCUT2D eigenvalue weighted by Gasteiger charge is -2.34. The van der Waals surface area contributed by atoms with Gasteiger partial charge in [-0.3, -0.25) is 4.79 Å². The van der Waals surface area contributed by atoms with Crippen molar-refractivity contribution in [3.63, 3.8) is 0 Å². The maximum atomic E-state index is 12.3. The molecule has 1 fully saturated rings. The molecule has 0 bridgehead atoms. The summed E-state index contributed by atoms with van der Waals surface area (Å²) in [4.78, 5) is 14.1. The number of piperidine rings is 1. The molecule has 1 heterocycles. The van der Waals surface area contributed by atoms with Crippen molar-refractivity contribution in [3.05, 3.63) is 29.3 Å². The lowest BCUT2D eigenvalue weighted by molar-refractivity contribution is -0.136. The van der Waals surface area contributed by atoms with E-state index < -0.39 is 0 Å². The molecular weight excluding hydrogens is 266 g/mol. The molecule has 1 atom stereocenters. The first-order valence-electron chi connectivity index (χ1n) is 7.73. The molecular formula is C17H25NO3. The molecule has 4 heteroatoms. The van der Waals surface area contributed by atoms with Gasteiger partial charge in [0.2, 0.25) is 5.91 Å². The van der Waals surface area contributed by atoms with Crippen LogP contribution in [0.3, 0.4) is 0 Å². The molecule has 0 aliphatic carbocycles. The number of likely N-dealkylation sites (tertiary alicyclic amines) is 1. The Kier molecular flexibility index (Phi) is 5.62. The quantitative estimate of drug-likeness (QED) is 0.906. The topological polar surface area (TPSA) is 49.8 Å². The van der Waals surface area contributed by atoms with Crippen molar-refractivity contribution in [2.24, 2.45) is 0 Å². The van der Waals surface area contributed by atoms with E-state index in [9.17, 15) is 9.90 Å². The number of para-hydroxylation sites is 1. The van der Waals surface area contributed by atoms with Crippen molar-refractivity contribution in [2.75, 3.05) is 19.8 Å². The first kappa shape index (κ1) is 15.8. The Labute approximate surface area is 126 Å². The molecule has 21 heavy (non-hydrogen) atoms. The van der Waals surface area contributed by atoms with Crippen LogP contribution in [-0.4, -0.2) is 41.7 Å². The largest absolute Gasteiger partial charge is 0.493 e. The predicted octanol–water partition coefficient (Wildman–Crippen LogP) is 2.45. The van der Waals surface area contributed by atoms with Gasteiger partial charge in [0.1, 0.15) is 5.75 Å². The number of hydrogen-bond donors (Lipinski definition) is 1. The van der Waals surface area contributed by atoms with Crippen molar-refractivity contribution >= 4 is 5.91 Å². The second-order valence-electron chi connectivity index (χ2n) is 5.74. The third-order valence-corrected chi connectivity index (χ3v) is 4.13. The molecule has 116 valence electrons. The highest BCUT2D eigenvalue weighted by Crippen LogP contribution is 2.23. The van der Waals surface area contributed by atoms with Crippen molar-refractivity contribution in [1.29, 1.82) is 0 Å². The number of carbonyl (C=O) groups is 1. The van der Waals surface area contributed by atoms with Gasteiger partial charge in [0.25, 0.3) is 0 Å². The minimum atomic E-state index is -0.00792. The van der Waals surface area contributed by atoms with Crippen LogP contribution in [0.15, 0.2) is 18.2 Å². The normalized spacial score (nSPS) is 18.6. The number of aliphatic hydroxyl groups is 1. The molecule has 4 nitrogen and oxygen atoms in total. The zero-order valence-corrected chi connectivity index (χ0v) is 13.0. The predicted molar refractivity (Wildman–Crippen MR) is 82.5 cm³/mol. The number of benzene rings is 1. The lowest BCUT2D eigenvalue weighted by Crippen LogP contribution is -2.46. The zero-order chi connectivity index (χ0) is 15.2. The van der Waals surface area contributed by atoms with E-state index in [1.807, 2.05) is 36.9 Å². The summed E-state index contributed by atoms with van der Waals surface area (Å²) in [7, 11) is 0. The smallest absolute Gasteiger partial charge is 0.226 e. The van der Waals surface area contributed by atoms with Crippen LogP contribution in [0.25, 0.3) is 0 Å². The maximum absolute atomic E-state index is 12.3. The molecule has 1 aliphatic rings. The van der Waals surface area contributed by atoms with Crippen molar-refractivity contribution < 1.29 is 14.6 Å². The van der Waals surface area contributed by atoms with Crippen molar-refractivity contribution in [2.45, 2.75) is 45.6 Å². The second kappa shape index (κ2) is 7.46. The summed E-state index contributed by atoms with van der Waals surface area (Å²) in [6.45, 7) is 5.23. The van der Waals surface area contributed by atoms with Gasteiger partial charge in [0.05, 0.1) is 25.7 Å². The van der Waals surface area contributed by atoms with Gasteiger partial charge in [0.15, 0.2) is 0 Å². The van der Waals surface area contributed by atoms with Crippen molar-refractivity contribution in [3.8, 4) is 5.75 Å². The van der Waals surface area contributed by atoms with Gasteiger partial charge in [-0.2, -0.15) is 0 Å². The molecule has 0 saturated carbocycles. The molecule has 1 N–H and O–H groups in total. The highest BCUT2D eigenvalue weighted by atomic mass is 16.5. The minimum Gasteiger partial charge on any atom is -0.493 e. The number of amides is 1. The van der Waals surface area contributed by atoms with Gasteiger partial charge in [-0.15, -0.1) is 0 Å². The third kappa shape index (κ3) is 3.97. The number of rotatable bonds is 5. The van der Waals surface area contributed by atoms with E-state index in [4.69, 9.17) is 4.74 Å². The second-order valence-corrected chi connectivity index (χ2v) is 5.74. The van der Waals surface area contributed by atoms with Crippen LogP contribution in [-0.2, 0) is 4.79 Å². The van der Waals surface area contributed by atoms with Crippen LogP contribution < -0.4 is 4.74 Å². The zero-order valence-electron chi connectivity index (χ0n) is 13.0. The standard InChI is InChI=1S/C17H25NO3/c1-13-6-5-7-14(2)17(13)21-11-9-16(20)18-10-4-3-8-15(18)12-19/h5-7,15,19H,3-4,8-12H2,1-2H3. The Bertz CT molecular complexity index is 467. The first-order chi connectivity index (χ1) is 10.1. The number of carbonyl (C=O) groups excluding carboxylic acids is 1.